The first-order valence-corrected chi connectivity index (χ1v) is 4.67. The van der Waals surface area contributed by atoms with Gasteiger partial charge in [0.1, 0.15) is 0 Å². The largest absolute Gasteiger partial charge is 0.321 e. The fourth-order valence-corrected chi connectivity index (χ4v) is 1.75. The maximum Gasteiger partial charge on any atom is 0.0548 e. The first-order chi connectivity index (χ1) is 6.27. The lowest BCUT2D eigenvalue weighted by molar-refractivity contribution is 0.738. The lowest BCUT2D eigenvalue weighted by atomic mass is 10.1. The molecule has 2 nitrogen and oxygen atoms in total. The van der Waals surface area contributed by atoms with Gasteiger partial charge in [0.15, 0.2) is 0 Å². The average Bonchev–Trinajstić information content (AvgIpc) is 2.56. The van der Waals surface area contributed by atoms with Gasteiger partial charge in [-0.2, -0.15) is 0 Å². The van der Waals surface area contributed by atoms with Crippen LogP contribution >= 0.6 is 23.2 Å². The SMILES string of the molecule is Clc1ccc(C2=CCNN2)c(Cl)c1. The molecule has 0 bridgehead atoms. The molecule has 68 valence electrons. The number of benzene rings is 1. The van der Waals surface area contributed by atoms with E-state index >= 15 is 0 Å². The highest BCUT2D eigenvalue weighted by atomic mass is 35.5. The second-order valence-electron chi connectivity index (χ2n) is 2.75. The summed E-state index contributed by atoms with van der Waals surface area (Å²) in [6, 6.07) is 5.46. The van der Waals surface area contributed by atoms with Gasteiger partial charge in [0.05, 0.1) is 10.7 Å². The van der Waals surface area contributed by atoms with Crippen LogP contribution in [0.25, 0.3) is 5.70 Å². The van der Waals surface area contributed by atoms with Crippen LogP contribution in [0.15, 0.2) is 24.3 Å². The van der Waals surface area contributed by atoms with E-state index in [2.05, 4.69) is 10.9 Å². The van der Waals surface area contributed by atoms with Gasteiger partial charge in [0, 0.05) is 17.1 Å². The smallest absolute Gasteiger partial charge is 0.0548 e. The molecular weight excluding hydrogens is 207 g/mol. The van der Waals surface area contributed by atoms with Crippen molar-refractivity contribution in [2.75, 3.05) is 6.54 Å². The Balaban J connectivity index is 2.40. The minimum absolute atomic E-state index is 0.653. The third kappa shape index (κ3) is 1.80. The zero-order chi connectivity index (χ0) is 9.26. The van der Waals surface area contributed by atoms with E-state index in [-0.39, 0.29) is 0 Å². The summed E-state index contributed by atoms with van der Waals surface area (Å²) in [5.74, 6) is 0. The molecular formula is C9H8Cl2N2. The molecule has 1 heterocycles. The summed E-state index contributed by atoms with van der Waals surface area (Å²) in [6.07, 6.45) is 2.04. The molecule has 4 heteroatoms. The Bertz CT molecular complexity index is 361. The molecule has 0 fully saturated rings. The van der Waals surface area contributed by atoms with Gasteiger partial charge in [0.25, 0.3) is 0 Å². The fraction of sp³-hybridized carbons (Fsp3) is 0.111. The lowest BCUT2D eigenvalue weighted by Crippen LogP contribution is -2.23. The molecule has 0 unspecified atom stereocenters. The van der Waals surface area contributed by atoms with Crippen LogP contribution in [0.2, 0.25) is 10.0 Å². The topological polar surface area (TPSA) is 24.1 Å². The number of nitrogens with one attached hydrogen (secondary N) is 2. The minimum atomic E-state index is 0.653. The second kappa shape index (κ2) is 3.58. The van der Waals surface area contributed by atoms with Crippen molar-refractivity contribution in [3.63, 3.8) is 0 Å². The lowest BCUT2D eigenvalue weighted by Gasteiger charge is -2.06. The third-order valence-electron chi connectivity index (χ3n) is 1.85. The predicted octanol–water partition coefficient (Wildman–Crippen LogP) is 2.44. The van der Waals surface area contributed by atoms with Crippen LogP contribution in [0.1, 0.15) is 5.56 Å². The highest BCUT2D eigenvalue weighted by Gasteiger charge is 2.09. The molecule has 0 aliphatic carbocycles. The van der Waals surface area contributed by atoms with Crippen molar-refractivity contribution >= 4 is 28.9 Å². The Labute approximate surface area is 86.5 Å². The molecule has 13 heavy (non-hydrogen) atoms. The molecule has 2 N–H and O–H groups in total. The number of hydrazine groups is 1. The monoisotopic (exact) mass is 214 g/mol. The van der Waals surface area contributed by atoms with Gasteiger partial charge in [0.2, 0.25) is 0 Å². The van der Waals surface area contributed by atoms with E-state index in [1.54, 1.807) is 6.07 Å². The van der Waals surface area contributed by atoms with Crippen LogP contribution in [0.4, 0.5) is 0 Å². The molecule has 0 radical (unpaired) electrons. The highest BCUT2D eigenvalue weighted by Crippen LogP contribution is 2.26. The summed E-state index contributed by atoms with van der Waals surface area (Å²) < 4.78 is 0. The van der Waals surface area contributed by atoms with Gasteiger partial charge in [-0.3, -0.25) is 0 Å². The summed E-state index contributed by atoms with van der Waals surface area (Å²) in [7, 11) is 0. The van der Waals surface area contributed by atoms with Gasteiger partial charge < -0.3 is 5.43 Å². The summed E-state index contributed by atoms with van der Waals surface area (Å²) in [5, 5.41) is 1.32. The van der Waals surface area contributed by atoms with Crippen LogP contribution in [0.5, 0.6) is 0 Å². The number of rotatable bonds is 1. The average molecular weight is 215 g/mol. The first kappa shape index (κ1) is 8.88. The standard InChI is InChI=1S/C9H8Cl2N2/c10-6-1-2-7(8(11)5-6)9-3-4-12-13-9/h1-3,5,12-13H,4H2. The fourth-order valence-electron chi connectivity index (χ4n) is 1.24. The zero-order valence-electron chi connectivity index (χ0n) is 6.77. The van der Waals surface area contributed by atoms with E-state index in [0.717, 1.165) is 17.8 Å². The van der Waals surface area contributed by atoms with Crippen LogP contribution in [-0.2, 0) is 0 Å². The Hall–Kier alpha value is -0.700. The number of hydrogen-bond acceptors (Lipinski definition) is 2. The van der Waals surface area contributed by atoms with E-state index in [1.807, 2.05) is 18.2 Å². The highest BCUT2D eigenvalue weighted by molar-refractivity contribution is 6.35. The molecule has 1 aromatic rings. The Morgan fingerprint density at radius 1 is 1.23 bits per heavy atom. The molecule has 0 aromatic heterocycles. The summed E-state index contributed by atoms with van der Waals surface area (Å²) >= 11 is 11.8. The molecule has 0 atom stereocenters. The predicted molar refractivity (Wildman–Crippen MR) is 55.6 cm³/mol. The summed E-state index contributed by atoms with van der Waals surface area (Å²) in [4.78, 5) is 0. The maximum absolute atomic E-state index is 6.02. The molecule has 1 aromatic carbocycles. The molecule has 1 aliphatic heterocycles. The molecule has 0 amide bonds. The zero-order valence-corrected chi connectivity index (χ0v) is 8.28. The van der Waals surface area contributed by atoms with Crippen molar-refractivity contribution in [1.82, 2.24) is 10.9 Å². The minimum Gasteiger partial charge on any atom is -0.321 e. The van der Waals surface area contributed by atoms with E-state index in [0.29, 0.717) is 10.0 Å². The Morgan fingerprint density at radius 3 is 2.69 bits per heavy atom. The van der Waals surface area contributed by atoms with Gasteiger partial charge in [-0.15, -0.1) is 0 Å². The maximum atomic E-state index is 6.02. The summed E-state index contributed by atoms with van der Waals surface area (Å²) in [5.41, 5.74) is 7.97. The van der Waals surface area contributed by atoms with E-state index in [4.69, 9.17) is 23.2 Å². The van der Waals surface area contributed by atoms with Crippen LogP contribution in [0.3, 0.4) is 0 Å². The quantitative estimate of drug-likeness (QED) is 0.751. The van der Waals surface area contributed by atoms with Crippen molar-refractivity contribution in [2.45, 2.75) is 0 Å². The van der Waals surface area contributed by atoms with Crippen molar-refractivity contribution < 1.29 is 0 Å². The van der Waals surface area contributed by atoms with E-state index < -0.39 is 0 Å². The van der Waals surface area contributed by atoms with Gasteiger partial charge in [-0.25, -0.2) is 5.43 Å². The molecule has 2 rings (SSSR count). The van der Waals surface area contributed by atoms with Crippen molar-refractivity contribution in [2.24, 2.45) is 0 Å². The molecule has 0 saturated heterocycles. The van der Waals surface area contributed by atoms with E-state index in [9.17, 15) is 0 Å². The normalized spacial score (nSPS) is 15.4. The van der Waals surface area contributed by atoms with E-state index in [1.165, 1.54) is 0 Å². The second-order valence-corrected chi connectivity index (χ2v) is 3.59. The van der Waals surface area contributed by atoms with Crippen LogP contribution in [0, 0.1) is 0 Å². The Morgan fingerprint density at radius 2 is 2.08 bits per heavy atom. The van der Waals surface area contributed by atoms with Crippen molar-refractivity contribution in [1.29, 1.82) is 0 Å². The number of halogens is 2. The number of hydrogen-bond donors (Lipinski definition) is 2. The molecule has 0 spiro atoms. The molecule has 0 saturated carbocycles. The first-order valence-electron chi connectivity index (χ1n) is 3.92. The van der Waals surface area contributed by atoms with Crippen molar-refractivity contribution in [3.05, 3.63) is 39.9 Å². The molecule has 1 aliphatic rings. The Kier molecular flexibility index (Phi) is 2.44. The van der Waals surface area contributed by atoms with Gasteiger partial charge >= 0.3 is 0 Å². The van der Waals surface area contributed by atoms with Gasteiger partial charge in [-0.05, 0) is 24.3 Å². The summed E-state index contributed by atoms with van der Waals surface area (Å²) in [6.45, 7) is 0.814. The van der Waals surface area contributed by atoms with Gasteiger partial charge in [-0.1, -0.05) is 23.2 Å². The third-order valence-corrected chi connectivity index (χ3v) is 2.40. The van der Waals surface area contributed by atoms with Crippen LogP contribution < -0.4 is 10.9 Å². The van der Waals surface area contributed by atoms with Crippen molar-refractivity contribution in [3.8, 4) is 0 Å². The van der Waals surface area contributed by atoms with Crippen LogP contribution in [-0.4, -0.2) is 6.54 Å².